The van der Waals surface area contributed by atoms with Gasteiger partial charge in [0.15, 0.2) is 0 Å². The summed E-state index contributed by atoms with van der Waals surface area (Å²) in [5.74, 6) is 0. The van der Waals surface area contributed by atoms with Gasteiger partial charge in [-0.1, -0.05) is 6.07 Å². The fraction of sp³-hybridized carbons (Fsp3) is 0.333. The van der Waals surface area contributed by atoms with Crippen molar-refractivity contribution >= 4 is 26.8 Å². The topological polar surface area (TPSA) is 64.1 Å². The summed E-state index contributed by atoms with van der Waals surface area (Å²) in [5, 5.41) is 0.510. The van der Waals surface area contributed by atoms with Crippen molar-refractivity contribution in [2.75, 3.05) is 13.2 Å². The first-order chi connectivity index (χ1) is 8.68. The maximum Gasteiger partial charge on any atom is 0.329 e. The summed E-state index contributed by atoms with van der Waals surface area (Å²) in [5.41, 5.74) is -0.0943. The van der Waals surface area contributed by atoms with Gasteiger partial charge in [-0.2, -0.15) is 0 Å². The molecule has 3 rings (SSSR count). The van der Waals surface area contributed by atoms with Crippen molar-refractivity contribution in [1.82, 2.24) is 9.55 Å². The van der Waals surface area contributed by atoms with E-state index >= 15 is 0 Å². The molecule has 2 heterocycles. The summed E-state index contributed by atoms with van der Waals surface area (Å²) < 4.78 is 7.21. The minimum absolute atomic E-state index is 0.162. The molecule has 0 spiro atoms. The summed E-state index contributed by atoms with van der Waals surface area (Å²) in [7, 11) is 0. The largest absolute Gasteiger partial charge is 0.379 e. The lowest BCUT2D eigenvalue weighted by Gasteiger charge is -2.11. The normalized spacial score (nSPS) is 19.5. The molecule has 94 valence electrons. The van der Waals surface area contributed by atoms with E-state index in [1.807, 2.05) is 0 Å². The Hall–Kier alpha value is -1.40. The van der Waals surface area contributed by atoms with Crippen LogP contribution in [-0.4, -0.2) is 22.8 Å². The third-order valence-electron chi connectivity index (χ3n) is 3.18. The van der Waals surface area contributed by atoms with Gasteiger partial charge in [-0.25, -0.2) is 4.79 Å². The highest BCUT2D eigenvalue weighted by Gasteiger charge is 2.22. The number of benzene rings is 1. The fourth-order valence-corrected chi connectivity index (χ4v) is 2.74. The Bertz CT molecular complexity index is 713. The second-order valence-electron chi connectivity index (χ2n) is 4.29. The highest BCUT2D eigenvalue weighted by atomic mass is 79.9. The molecule has 1 unspecified atom stereocenters. The third-order valence-corrected chi connectivity index (χ3v) is 3.85. The first-order valence-electron chi connectivity index (χ1n) is 5.69. The second kappa shape index (κ2) is 4.37. The average Bonchev–Trinajstić information content (AvgIpc) is 2.84. The summed E-state index contributed by atoms with van der Waals surface area (Å²) in [6.07, 6.45) is 0.697. The Labute approximate surface area is 111 Å². The molecule has 0 bridgehead atoms. The number of fused-ring (bicyclic) bond motifs is 1. The van der Waals surface area contributed by atoms with Crippen LogP contribution in [0.5, 0.6) is 0 Å². The quantitative estimate of drug-likeness (QED) is 0.866. The van der Waals surface area contributed by atoms with Gasteiger partial charge >= 0.3 is 5.69 Å². The maximum atomic E-state index is 12.4. The van der Waals surface area contributed by atoms with E-state index in [1.54, 1.807) is 18.2 Å². The Morgan fingerprint density at radius 2 is 2.22 bits per heavy atom. The van der Waals surface area contributed by atoms with Crippen molar-refractivity contribution in [3.05, 3.63) is 43.5 Å². The first kappa shape index (κ1) is 11.7. The highest BCUT2D eigenvalue weighted by Crippen LogP contribution is 2.20. The minimum Gasteiger partial charge on any atom is -0.379 e. The molecule has 5 nitrogen and oxygen atoms in total. The Morgan fingerprint density at radius 1 is 1.39 bits per heavy atom. The van der Waals surface area contributed by atoms with E-state index < -0.39 is 0 Å². The van der Waals surface area contributed by atoms with E-state index in [-0.39, 0.29) is 17.3 Å². The van der Waals surface area contributed by atoms with Gasteiger partial charge < -0.3 is 9.72 Å². The Balaban J connectivity index is 2.34. The molecule has 2 aromatic rings. The molecule has 6 heteroatoms. The molecule has 0 saturated carbocycles. The molecular weight excluding hydrogens is 300 g/mol. The lowest BCUT2D eigenvalue weighted by molar-refractivity contribution is 0.185. The Morgan fingerprint density at radius 3 is 2.94 bits per heavy atom. The molecule has 1 N–H and O–H groups in total. The van der Waals surface area contributed by atoms with E-state index in [0.29, 0.717) is 35.0 Å². The molecule has 1 aromatic heterocycles. The first-order valence-corrected chi connectivity index (χ1v) is 6.48. The van der Waals surface area contributed by atoms with Crippen molar-refractivity contribution in [2.45, 2.75) is 12.5 Å². The summed E-state index contributed by atoms with van der Waals surface area (Å²) in [6, 6.07) is 5.12. The zero-order valence-corrected chi connectivity index (χ0v) is 11.1. The van der Waals surface area contributed by atoms with Gasteiger partial charge in [0.05, 0.1) is 23.6 Å². The van der Waals surface area contributed by atoms with E-state index in [4.69, 9.17) is 4.74 Å². The number of ether oxygens (including phenoxy) is 1. The zero-order chi connectivity index (χ0) is 12.7. The fourth-order valence-electron chi connectivity index (χ4n) is 2.28. The summed E-state index contributed by atoms with van der Waals surface area (Å²) in [4.78, 5) is 27.1. The number of hydrogen-bond donors (Lipinski definition) is 1. The van der Waals surface area contributed by atoms with Gasteiger partial charge in [0.1, 0.15) is 0 Å². The highest BCUT2D eigenvalue weighted by molar-refractivity contribution is 9.10. The maximum absolute atomic E-state index is 12.4. The standard InChI is InChI=1S/C12H11BrN2O3/c13-9-3-1-2-8-10(9)14-12(17)15(11(8)16)7-4-5-18-6-7/h1-3,7H,4-6H2,(H,14,17). The van der Waals surface area contributed by atoms with Gasteiger partial charge in [0.2, 0.25) is 0 Å². The molecule has 1 aliphatic heterocycles. The van der Waals surface area contributed by atoms with Gasteiger partial charge in [-0.15, -0.1) is 0 Å². The van der Waals surface area contributed by atoms with Crippen molar-refractivity contribution in [3.63, 3.8) is 0 Å². The number of aromatic amines is 1. The van der Waals surface area contributed by atoms with Crippen LogP contribution in [0.25, 0.3) is 10.9 Å². The summed E-state index contributed by atoms with van der Waals surface area (Å²) >= 11 is 3.33. The van der Waals surface area contributed by atoms with Gasteiger partial charge in [-0.05, 0) is 34.5 Å². The molecule has 1 atom stereocenters. The van der Waals surface area contributed by atoms with Gasteiger partial charge in [0.25, 0.3) is 5.56 Å². The van der Waals surface area contributed by atoms with Crippen LogP contribution < -0.4 is 11.2 Å². The molecule has 1 saturated heterocycles. The number of para-hydroxylation sites is 1. The SMILES string of the molecule is O=c1[nH]c2c(Br)cccc2c(=O)n1C1CCOC1. The van der Waals surface area contributed by atoms with Gasteiger partial charge in [-0.3, -0.25) is 9.36 Å². The Kier molecular flexibility index (Phi) is 2.83. The van der Waals surface area contributed by atoms with Crippen LogP contribution in [0.4, 0.5) is 0 Å². The van der Waals surface area contributed by atoms with Crippen molar-refractivity contribution < 1.29 is 4.74 Å². The number of aromatic nitrogens is 2. The van der Waals surface area contributed by atoms with Crippen LogP contribution >= 0.6 is 15.9 Å². The number of nitrogens with one attached hydrogen (secondary N) is 1. The molecule has 1 fully saturated rings. The van der Waals surface area contributed by atoms with E-state index in [2.05, 4.69) is 20.9 Å². The number of halogens is 1. The number of hydrogen-bond acceptors (Lipinski definition) is 3. The lowest BCUT2D eigenvalue weighted by atomic mass is 10.2. The molecular formula is C12H11BrN2O3. The van der Waals surface area contributed by atoms with Crippen molar-refractivity contribution in [1.29, 1.82) is 0 Å². The van der Waals surface area contributed by atoms with Crippen LogP contribution in [0.15, 0.2) is 32.3 Å². The zero-order valence-electron chi connectivity index (χ0n) is 9.48. The van der Waals surface area contributed by atoms with Crippen LogP contribution in [0.1, 0.15) is 12.5 Å². The number of H-pyrrole nitrogens is 1. The van der Waals surface area contributed by atoms with E-state index in [0.717, 1.165) is 0 Å². The van der Waals surface area contributed by atoms with Crippen LogP contribution in [-0.2, 0) is 4.74 Å². The van der Waals surface area contributed by atoms with Gasteiger partial charge in [0, 0.05) is 11.1 Å². The number of rotatable bonds is 1. The molecule has 1 aromatic carbocycles. The molecule has 18 heavy (non-hydrogen) atoms. The lowest BCUT2D eigenvalue weighted by Crippen LogP contribution is -2.38. The average molecular weight is 311 g/mol. The van der Waals surface area contributed by atoms with Crippen LogP contribution in [0.2, 0.25) is 0 Å². The molecule has 1 aliphatic rings. The third kappa shape index (κ3) is 1.72. The number of nitrogens with zero attached hydrogens (tertiary/aromatic N) is 1. The van der Waals surface area contributed by atoms with Crippen LogP contribution in [0.3, 0.4) is 0 Å². The molecule has 0 aliphatic carbocycles. The van der Waals surface area contributed by atoms with Crippen molar-refractivity contribution in [2.24, 2.45) is 0 Å². The van der Waals surface area contributed by atoms with Crippen LogP contribution in [0, 0.1) is 0 Å². The monoisotopic (exact) mass is 310 g/mol. The molecule has 0 radical (unpaired) electrons. The predicted octanol–water partition coefficient (Wildman–Crippen LogP) is 1.41. The van der Waals surface area contributed by atoms with E-state index in [9.17, 15) is 9.59 Å². The van der Waals surface area contributed by atoms with E-state index in [1.165, 1.54) is 4.57 Å². The summed E-state index contributed by atoms with van der Waals surface area (Å²) in [6.45, 7) is 1.01. The predicted molar refractivity (Wildman–Crippen MR) is 71.0 cm³/mol. The smallest absolute Gasteiger partial charge is 0.329 e. The van der Waals surface area contributed by atoms with Crippen molar-refractivity contribution in [3.8, 4) is 0 Å². The molecule has 0 amide bonds. The minimum atomic E-state index is -0.380. The second-order valence-corrected chi connectivity index (χ2v) is 5.14.